The van der Waals surface area contributed by atoms with Crippen LogP contribution in [-0.4, -0.2) is 51.3 Å². The molecule has 1 saturated heterocycles. The number of sulfone groups is 1. The molecular formula is C8H17NO5S2. The first-order chi connectivity index (χ1) is 7.30. The molecule has 1 heterocycles. The first-order valence-electron chi connectivity index (χ1n) is 5.13. The van der Waals surface area contributed by atoms with Gasteiger partial charge in [-0.3, -0.25) is 0 Å². The fraction of sp³-hybridized carbons (Fsp3) is 1.00. The van der Waals surface area contributed by atoms with E-state index in [4.69, 9.17) is 5.11 Å². The summed E-state index contributed by atoms with van der Waals surface area (Å²) >= 11 is 0. The quantitative estimate of drug-likeness (QED) is 0.658. The van der Waals surface area contributed by atoms with Crippen molar-refractivity contribution in [3.05, 3.63) is 0 Å². The topological polar surface area (TPSA) is 101 Å². The lowest BCUT2D eigenvalue weighted by Crippen LogP contribution is -2.42. The third-order valence-electron chi connectivity index (χ3n) is 2.67. The monoisotopic (exact) mass is 271 g/mol. The summed E-state index contributed by atoms with van der Waals surface area (Å²) in [5, 5.41) is 8.01. The van der Waals surface area contributed by atoms with E-state index in [2.05, 4.69) is 4.72 Å². The second-order valence-corrected chi connectivity index (χ2v) is 8.20. The van der Waals surface area contributed by atoms with Crippen molar-refractivity contribution >= 4 is 19.9 Å². The molecule has 1 rings (SSSR count). The standard InChI is InChI=1S/C8H17NO5S2/c1-2-7(5-10)9-16(13,14)8-3-4-15(11,12)6-8/h7-10H,2-6H2,1H3/t7-,8?/m0/s1. The Morgan fingerprint density at radius 2 is 2.12 bits per heavy atom. The molecule has 1 aliphatic heterocycles. The molecule has 96 valence electrons. The summed E-state index contributed by atoms with van der Waals surface area (Å²) in [4.78, 5) is 0. The molecule has 2 atom stereocenters. The first-order valence-corrected chi connectivity index (χ1v) is 8.50. The molecule has 0 aromatic rings. The van der Waals surface area contributed by atoms with Crippen LogP contribution in [0.1, 0.15) is 19.8 Å². The molecule has 0 aliphatic carbocycles. The number of aliphatic hydroxyl groups excluding tert-OH is 1. The van der Waals surface area contributed by atoms with Crippen molar-refractivity contribution in [3.63, 3.8) is 0 Å². The molecule has 6 nitrogen and oxygen atoms in total. The SMILES string of the molecule is CC[C@@H](CO)NS(=O)(=O)C1CCS(=O)(=O)C1. The fourth-order valence-corrected chi connectivity index (χ4v) is 5.94. The third-order valence-corrected chi connectivity index (χ3v) is 6.59. The second-order valence-electron chi connectivity index (χ2n) is 3.98. The van der Waals surface area contributed by atoms with E-state index >= 15 is 0 Å². The van der Waals surface area contributed by atoms with Crippen molar-refractivity contribution in [1.29, 1.82) is 0 Å². The molecule has 0 spiro atoms. The zero-order valence-electron chi connectivity index (χ0n) is 9.09. The van der Waals surface area contributed by atoms with Gasteiger partial charge in [-0.1, -0.05) is 6.92 Å². The Bertz CT molecular complexity index is 423. The van der Waals surface area contributed by atoms with E-state index in [9.17, 15) is 16.8 Å². The largest absolute Gasteiger partial charge is 0.395 e. The van der Waals surface area contributed by atoms with Crippen LogP contribution in [0, 0.1) is 0 Å². The van der Waals surface area contributed by atoms with Crippen LogP contribution in [0.15, 0.2) is 0 Å². The number of sulfonamides is 1. The number of rotatable bonds is 5. The maximum absolute atomic E-state index is 11.8. The lowest BCUT2D eigenvalue weighted by molar-refractivity contribution is 0.253. The predicted molar refractivity (Wildman–Crippen MR) is 60.3 cm³/mol. The minimum atomic E-state index is -3.64. The smallest absolute Gasteiger partial charge is 0.215 e. The molecule has 0 saturated carbocycles. The highest BCUT2D eigenvalue weighted by Gasteiger charge is 2.37. The summed E-state index contributed by atoms with van der Waals surface area (Å²) in [7, 11) is -6.85. The summed E-state index contributed by atoms with van der Waals surface area (Å²) < 4.78 is 48.2. The molecule has 2 N–H and O–H groups in total. The summed E-state index contributed by atoms with van der Waals surface area (Å²) in [6.07, 6.45) is 0.606. The van der Waals surface area contributed by atoms with Crippen LogP contribution in [0.5, 0.6) is 0 Å². The van der Waals surface area contributed by atoms with Gasteiger partial charge in [0, 0.05) is 6.04 Å². The van der Waals surface area contributed by atoms with E-state index < -0.39 is 31.2 Å². The van der Waals surface area contributed by atoms with Gasteiger partial charge in [0.15, 0.2) is 9.84 Å². The van der Waals surface area contributed by atoms with Crippen molar-refractivity contribution < 1.29 is 21.9 Å². The van der Waals surface area contributed by atoms with E-state index in [1.54, 1.807) is 6.92 Å². The van der Waals surface area contributed by atoms with Gasteiger partial charge in [-0.15, -0.1) is 0 Å². The maximum Gasteiger partial charge on any atom is 0.215 e. The summed E-state index contributed by atoms with van der Waals surface area (Å²) in [6, 6.07) is -0.534. The Morgan fingerprint density at radius 3 is 2.50 bits per heavy atom. The maximum atomic E-state index is 11.8. The minimum absolute atomic E-state index is 0.0749. The van der Waals surface area contributed by atoms with Gasteiger partial charge < -0.3 is 5.11 Å². The zero-order valence-corrected chi connectivity index (χ0v) is 10.7. The van der Waals surface area contributed by atoms with E-state index in [1.165, 1.54) is 0 Å². The molecular weight excluding hydrogens is 254 g/mol. The Hall–Kier alpha value is -0.180. The van der Waals surface area contributed by atoms with Gasteiger partial charge in [0.1, 0.15) is 0 Å². The van der Waals surface area contributed by atoms with Gasteiger partial charge in [0.2, 0.25) is 10.0 Å². The Labute approximate surface area is 96.0 Å². The van der Waals surface area contributed by atoms with Crippen molar-refractivity contribution in [2.24, 2.45) is 0 Å². The van der Waals surface area contributed by atoms with Crippen molar-refractivity contribution in [1.82, 2.24) is 4.72 Å². The van der Waals surface area contributed by atoms with E-state index in [0.29, 0.717) is 6.42 Å². The lowest BCUT2D eigenvalue weighted by atomic mass is 10.3. The fourth-order valence-electron chi connectivity index (χ4n) is 1.58. The summed E-state index contributed by atoms with van der Waals surface area (Å²) in [6.45, 7) is 1.46. The molecule has 1 unspecified atom stereocenters. The normalized spacial score (nSPS) is 26.8. The average molecular weight is 271 g/mol. The molecule has 0 aromatic heterocycles. The average Bonchev–Trinajstić information content (AvgIpc) is 2.56. The van der Waals surface area contributed by atoms with E-state index in [0.717, 1.165) is 0 Å². The van der Waals surface area contributed by atoms with Gasteiger partial charge in [-0.05, 0) is 12.8 Å². The Balaban J connectivity index is 2.72. The molecule has 16 heavy (non-hydrogen) atoms. The summed E-state index contributed by atoms with van der Waals surface area (Å²) in [5.41, 5.74) is 0. The van der Waals surface area contributed by atoms with Crippen LogP contribution in [0.25, 0.3) is 0 Å². The molecule has 0 bridgehead atoms. The van der Waals surface area contributed by atoms with E-state index in [1.807, 2.05) is 0 Å². The zero-order chi connectivity index (χ0) is 12.4. The van der Waals surface area contributed by atoms with Gasteiger partial charge in [-0.25, -0.2) is 21.6 Å². The van der Waals surface area contributed by atoms with Gasteiger partial charge in [0.05, 0.1) is 23.4 Å². The van der Waals surface area contributed by atoms with Gasteiger partial charge in [-0.2, -0.15) is 0 Å². The highest BCUT2D eigenvalue weighted by atomic mass is 32.2. The Kier molecular flexibility index (Phi) is 4.33. The minimum Gasteiger partial charge on any atom is -0.395 e. The third kappa shape index (κ3) is 3.41. The van der Waals surface area contributed by atoms with E-state index in [-0.39, 0.29) is 24.5 Å². The van der Waals surface area contributed by atoms with Crippen molar-refractivity contribution in [2.45, 2.75) is 31.1 Å². The van der Waals surface area contributed by atoms with Crippen LogP contribution < -0.4 is 4.72 Å². The Morgan fingerprint density at radius 1 is 1.50 bits per heavy atom. The molecule has 0 radical (unpaired) electrons. The second kappa shape index (κ2) is 4.99. The lowest BCUT2D eigenvalue weighted by Gasteiger charge is -2.17. The summed E-state index contributed by atoms with van der Waals surface area (Å²) in [5.74, 6) is -0.390. The number of hydrogen-bond acceptors (Lipinski definition) is 5. The molecule has 0 amide bonds. The van der Waals surface area contributed by atoms with Crippen LogP contribution in [0.3, 0.4) is 0 Å². The number of hydrogen-bond donors (Lipinski definition) is 2. The van der Waals surface area contributed by atoms with Crippen LogP contribution in [-0.2, 0) is 19.9 Å². The van der Waals surface area contributed by atoms with Crippen LogP contribution >= 0.6 is 0 Å². The van der Waals surface area contributed by atoms with Crippen LogP contribution in [0.4, 0.5) is 0 Å². The molecule has 1 aliphatic rings. The number of nitrogens with one attached hydrogen (secondary N) is 1. The molecule has 0 aromatic carbocycles. The number of aliphatic hydroxyl groups is 1. The predicted octanol–water partition coefficient (Wildman–Crippen LogP) is -1.14. The van der Waals surface area contributed by atoms with Gasteiger partial charge >= 0.3 is 0 Å². The van der Waals surface area contributed by atoms with Gasteiger partial charge in [0.25, 0.3) is 0 Å². The first kappa shape index (κ1) is 13.9. The van der Waals surface area contributed by atoms with Crippen LogP contribution in [0.2, 0.25) is 0 Å². The molecule has 8 heteroatoms. The van der Waals surface area contributed by atoms with Crippen molar-refractivity contribution in [3.8, 4) is 0 Å². The molecule has 1 fully saturated rings. The highest BCUT2D eigenvalue weighted by molar-refractivity contribution is 7.95. The highest BCUT2D eigenvalue weighted by Crippen LogP contribution is 2.18. The van der Waals surface area contributed by atoms with Crippen molar-refractivity contribution in [2.75, 3.05) is 18.1 Å².